The van der Waals surface area contributed by atoms with Crippen LogP contribution in [0.5, 0.6) is 5.75 Å². The minimum atomic E-state index is -0.474. The number of carbonyl (C=O) groups excluding carboxylic acids is 1. The number of aromatic nitrogens is 2. The van der Waals surface area contributed by atoms with Crippen LogP contribution < -0.4 is 10.1 Å². The van der Waals surface area contributed by atoms with E-state index in [1.807, 2.05) is 23.7 Å². The highest BCUT2D eigenvalue weighted by Gasteiger charge is 2.21. The SMILES string of the molecule is Cn1ccnc1[C@H](NC(=O)COc1cc(Cl)c(Cl)cc1Cl)c1ccc(Cl)cc1. The number of amides is 1. The van der Waals surface area contributed by atoms with Gasteiger partial charge in [-0.15, -0.1) is 0 Å². The van der Waals surface area contributed by atoms with Gasteiger partial charge in [-0.1, -0.05) is 58.5 Å². The molecule has 1 atom stereocenters. The monoisotopic (exact) mass is 457 g/mol. The lowest BCUT2D eigenvalue weighted by Gasteiger charge is -2.19. The molecule has 0 aliphatic rings. The minimum Gasteiger partial charge on any atom is -0.482 e. The maximum absolute atomic E-state index is 12.5. The number of rotatable bonds is 6. The summed E-state index contributed by atoms with van der Waals surface area (Å²) in [6.45, 7) is -0.258. The van der Waals surface area contributed by atoms with E-state index in [2.05, 4.69) is 10.3 Å². The summed E-state index contributed by atoms with van der Waals surface area (Å²) in [5.74, 6) is 0.583. The van der Waals surface area contributed by atoms with Crippen molar-refractivity contribution in [2.24, 2.45) is 7.05 Å². The highest BCUT2D eigenvalue weighted by molar-refractivity contribution is 6.43. The van der Waals surface area contributed by atoms with E-state index in [0.29, 0.717) is 15.9 Å². The molecule has 0 saturated carbocycles. The first-order valence-electron chi connectivity index (χ1n) is 8.14. The van der Waals surface area contributed by atoms with Crippen molar-refractivity contribution in [3.8, 4) is 5.75 Å². The molecule has 0 radical (unpaired) electrons. The van der Waals surface area contributed by atoms with Crippen LogP contribution in [0.2, 0.25) is 20.1 Å². The Morgan fingerprint density at radius 2 is 1.79 bits per heavy atom. The lowest BCUT2D eigenvalue weighted by molar-refractivity contribution is -0.123. The van der Waals surface area contributed by atoms with E-state index >= 15 is 0 Å². The van der Waals surface area contributed by atoms with Crippen LogP contribution in [0.25, 0.3) is 0 Å². The fourth-order valence-corrected chi connectivity index (χ4v) is 3.29. The lowest BCUT2D eigenvalue weighted by atomic mass is 10.1. The summed E-state index contributed by atoms with van der Waals surface area (Å²) < 4.78 is 7.33. The van der Waals surface area contributed by atoms with Gasteiger partial charge in [-0.25, -0.2) is 4.98 Å². The van der Waals surface area contributed by atoms with Crippen LogP contribution in [0.3, 0.4) is 0 Å². The first-order chi connectivity index (χ1) is 13.3. The highest BCUT2D eigenvalue weighted by Crippen LogP contribution is 2.33. The third-order valence-electron chi connectivity index (χ3n) is 3.96. The molecule has 0 aliphatic carbocycles. The van der Waals surface area contributed by atoms with Crippen molar-refractivity contribution < 1.29 is 9.53 Å². The fourth-order valence-electron chi connectivity index (χ4n) is 2.57. The Balaban J connectivity index is 1.76. The van der Waals surface area contributed by atoms with Gasteiger partial charge in [-0.3, -0.25) is 4.79 Å². The molecule has 28 heavy (non-hydrogen) atoms. The highest BCUT2D eigenvalue weighted by atomic mass is 35.5. The van der Waals surface area contributed by atoms with E-state index in [0.717, 1.165) is 5.56 Å². The quantitative estimate of drug-likeness (QED) is 0.508. The number of aryl methyl sites for hydroxylation is 1. The van der Waals surface area contributed by atoms with Crippen LogP contribution in [0, 0.1) is 0 Å². The minimum absolute atomic E-state index is 0.258. The molecule has 0 spiro atoms. The molecule has 3 rings (SSSR count). The van der Waals surface area contributed by atoms with Crippen LogP contribution in [-0.2, 0) is 11.8 Å². The van der Waals surface area contributed by atoms with E-state index < -0.39 is 6.04 Å². The van der Waals surface area contributed by atoms with E-state index in [1.54, 1.807) is 24.5 Å². The number of hydrogen-bond donors (Lipinski definition) is 1. The molecule has 9 heteroatoms. The number of ether oxygens (including phenoxy) is 1. The van der Waals surface area contributed by atoms with Crippen LogP contribution in [0.4, 0.5) is 0 Å². The molecule has 1 aromatic heterocycles. The molecule has 3 aromatic rings. The first kappa shape index (κ1) is 20.8. The fraction of sp³-hybridized carbons (Fsp3) is 0.158. The summed E-state index contributed by atoms with van der Waals surface area (Å²) in [5, 5.41) is 4.38. The predicted octanol–water partition coefficient (Wildman–Crippen LogP) is 5.32. The van der Waals surface area contributed by atoms with Gasteiger partial charge in [0.05, 0.1) is 15.1 Å². The van der Waals surface area contributed by atoms with Gasteiger partial charge in [0.25, 0.3) is 5.91 Å². The summed E-state index contributed by atoms with van der Waals surface area (Å²) in [6, 6.07) is 9.63. The van der Waals surface area contributed by atoms with Crippen molar-refractivity contribution in [3.63, 3.8) is 0 Å². The van der Waals surface area contributed by atoms with Crippen molar-refractivity contribution in [1.29, 1.82) is 0 Å². The van der Waals surface area contributed by atoms with Gasteiger partial charge in [-0.2, -0.15) is 0 Å². The molecular formula is C19H15Cl4N3O2. The molecule has 146 valence electrons. The normalized spacial score (nSPS) is 11.9. The number of nitrogens with zero attached hydrogens (tertiary/aromatic N) is 2. The lowest BCUT2D eigenvalue weighted by Crippen LogP contribution is -2.34. The molecule has 0 unspecified atom stereocenters. The standard InChI is InChI=1S/C19H15Cl4N3O2/c1-26-7-6-24-19(26)18(11-2-4-12(20)5-3-11)25-17(27)10-28-16-9-14(22)13(21)8-15(16)23/h2-9,18H,10H2,1H3,(H,25,27)/t18-/m1/s1. The number of halogens is 4. The second kappa shape index (κ2) is 9.05. The molecule has 0 aliphatic heterocycles. The second-order valence-electron chi connectivity index (χ2n) is 5.93. The average molecular weight is 459 g/mol. The van der Waals surface area contributed by atoms with Crippen molar-refractivity contribution in [3.05, 3.63) is 80.3 Å². The molecule has 0 saturated heterocycles. The smallest absolute Gasteiger partial charge is 0.258 e. The van der Waals surface area contributed by atoms with E-state index in [-0.39, 0.29) is 28.3 Å². The number of hydrogen-bond acceptors (Lipinski definition) is 3. The Bertz CT molecular complexity index is 989. The van der Waals surface area contributed by atoms with Gasteiger partial charge < -0.3 is 14.6 Å². The van der Waals surface area contributed by atoms with Crippen molar-refractivity contribution in [2.45, 2.75) is 6.04 Å². The van der Waals surface area contributed by atoms with Gasteiger partial charge >= 0.3 is 0 Å². The van der Waals surface area contributed by atoms with Crippen LogP contribution in [0.15, 0.2) is 48.8 Å². The van der Waals surface area contributed by atoms with Gasteiger partial charge in [0, 0.05) is 30.5 Å². The topological polar surface area (TPSA) is 56.2 Å². The molecule has 0 fully saturated rings. The van der Waals surface area contributed by atoms with Crippen molar-refractivity contribution in [2.75, 3.05) is 6.61 Å². The van der Waals surface area contributed by atoms with E-state index in [1.165, 1.54) is 12.1 Å². The maximum Gasteiger partial charge on any atom is 0.258 e. The van der Waals surface area contributed by atoms with Gasteiger partial charge in [0.1, 0.15) is 17.6 Å². The van der Waals surface area contributed by atoms with Crippen LogP contribution in [0.1, 0.15) is 17.4 Å². The number of imidazole rings is 1. The second-order valence-corrected chi connectivity index (χ2v) is 7.59. The molecule has 1 heterocycles. The van der Waals surface area contributed by atoms with Crippen LogP contribution in [-0.4, -0.2) is 22.1 Å². The summed E-state index contributed by atoms with van der Waals surface area (Å²) >= 11 is 23.9. The molecular weight excluding hydrogens is 444 g/mol. The Morgan fingerprint density at radius 3 is 2.43 bits per heavy atom. The molecule has 1 N–H and O–H groups in total. The molecule has 2 aromatic carbocycles. The van der Waals surface area contributed by atoms with Gasteiger partial charge in [-0.05, 0) is 23.8 Å². The van der Waals surface area contributed by atoms with Gasteiger partial charge in [0.15, 0.2) is 6.61 Å². The Morgan fingerprint density at radius 1 is 1.11 bits per heavy atom. The summed E-state index contributed by atoms with van der Waals surface area (Å²) in [4.78, 5) is 16.9. The van der Waals surface area contributed by atoms with Crippen LogP contribution >= 0.6 is 46.4 Å². The number of nitrogens with one attached hydrogen (secondary N) is 1. The third kappa shape index (κ3) is 4.92. The Labute approximate surface area is 182 Å². The first-order valence-corrected chi connectivity index (χ1v) is 9.65. The molecule has 1 amide bonds. The molecule has 0 bridgehead atoms. The van der Waals surface area contributed by atoms with Gasteiger partial charge in [0.2, 0.25) is 0 Å². The Hall–Kier alpha value is -1.92. The predicted molar refractivity (Wildman–Crippen MR) is 112 cm³/mol. The van der Waals surface area contributed by atoms with Crippen molar-refractivity contribution >= 4 is 52.3 Å². The average Bonchev–Trinajstić information content (AvgIpc) is 3.08. The van der Waals surface area contributed by atoms with E-state index in [4.69, 9.17) is 51.1 Å². The number of carbonyl (C=O) groups is 1. The van der Waals surface area contributed by atoms with E-state index in [9.17, 15) is 4.79 Å². The number of benzene rings is 2. The zero-order chi connectivity index (χ0) is 20.3. The maximum atomic E-state index is 12.5. The third-order valence-corrected chi connectivity index (χ3v) is 5.23. The summed E-state index contributed by atoms with van der Waals surface area (Å²) in [6.07, 6.45) is 3.47. The largest absolute Gasteiger partial charge is 0.482 e. The zero-order valence-corrected chi connectivity index (χ0v) is 17.6. The Kier molecular flexibility index (Phi) is 6.73. The summed E-state index contributed by atoms with van der Waals surface area (Å²) in [5.41, 5.74) is 0.833. The zero-order valence-electron chi connectivity index (χ0n) is 14.6. The van der Waals surface area contributed by atoms with Crippen molar-refractivity contribution in [1.82, 2.24) is 14.9 Å². The molecule has 5 nitrogen and oxygen atoms in total. The summed E-state index contributed by atoms with van der Waals surface area (Å²) in [7, 11) is 1.85.